The van der Waals surface area contributed by atoms with Gasteiger partial charge in [-0.2, -0.15) is 0 Å². The van der Waals surface area contributed by atoms with E-state index in [2.05, 4.69) is 13.5 Å². The monoisotopic (exact) mass is 140 g/mol. The van der Waals surface area contributed by atoms with Crippen LogP contribution in [-0.4, -0.2) is 24.2 Å². The molecule has 0 heterocycles. The van der Waals surface area contributed by atoms with Gasteiger partial charge < -0.3 is 5.48 Å². The largest absolute Gasteiger partial charge is 0.412 e. The van der Waals surface area contributed by atoms with Gasteiger partial charge in [0.15, 0.2) is 0 Å². The summed E-state index contributed by atoms with van der Waals surface area (Å²) < 4.78 is 5.69. The fraction of sp³-hybridized carbons (Fsp3) is 1.00. The van der Waals surface area contributed by atoms with Crippen molar-refractivity contribution in [1.82, 2.24) is 4.67 Å². The quantitative estimate of drug-likeness (QED) is 0.517. The summed E-state index contributed by atoms with van der Waals surface area (Å²) in [5.74, 6) is 0. The van der Waals surface area contributed by atoms with Crippen LogP contribution in [0.4, 0.5) is 0 Å². The molecule has 0 aromatic rings. The van der Waals surface area contributed by atoms with Crippen molar-refractivity contribution in [2.75, 3.05) is 14.1 Å². The molecule has 0 amide bonds. The molecule has 0 bridgehead atoms. The summed E-state index contributed by atoms with van der Waals surface area (Å²) in [5.41, 5.74) is 0. The van der Waals surface area contributed by atoms with Crippen molar-refractivity contribution >= 4 is 17.9 Å². The third-order valence-electron chi connectivity index (χ3n) is 0.250. The van der Waals surface area contributed by atoms with Crippen molar-refractivity contribution in [3.63, 3.8) is 0 Å². The lowest BCUT2D eigenvalue weighted by Crippen LogP contribution is -1.92. The molecule has 0 radical (unpaired) electrons. The molecule has 0 rings (SSSR count). The molecule has 0 aliphatic rings. The molecule has 0 fully saturated rings. The van der Waals surface area contributed by atoms with Gasteiger partial charge in [0.2, 0.25) is 0 Å². The van der Waals surface area contributed by atoms with Gasteiger partial charge >= 0.3 is 0 Å². The summed E-state index contributed by atoms with van der Waals surface area (Å²) in [5, 5.41) is 0. The zero-order chi connectivity index (χ0) is 4.99. The van der Waals surface area contributed by atoms with Gasteiger partial charge in [0.25, 0.3) is 0 Å². The van der Waals surface area contributed by atoms with Gasteiger partial charge in [-0.05, 0) is 23.1 Å². The van der Waals surface area contributed by atoms with Gasteiger partial charge in [-0.1, -0.05) is 0 Å². The highest BCUT2D eigenvalue weighted by Gasteiger charge is 1.77. The second-order valence-electron chi connectivity index (χ2n) is 1.11. The molecule has 0 aromatic heterocycles. The van der Waals surface area contributed by atoms with Gasteiger partial charge in [-0.3, -0.25) is 4.67 Å². The van der Waals surface area contributed by atoms with E-state index in [0.717, 1.165) is 0 Å². The minimum atomic E-state index is 0. The maximum Gasteiger partial charge on any atom is 0.0785 e. The first kappa shape index (κ1) is 10.4. The molecule has 2 N–H and O–H groups in total. The zero-order valence-electron chi connectivity index (χ0n) is 4.39. The first-order valence-corrected chi connectivity index (χ1v) is 2.91. The number of hydrogen-bond donors (Lipinski definition) is 0. The van der Waals surface area contributed by atoms with Crippen molar-refractivity contribution in [3.8, 4) is 0 Å². The summed E-state index contributed by atoms with van der Waals surface area (Å²) in [6.45, 7) is 0. The Morgan fingerprint density at radius 2 is 2.00 bits per heavy atom. The molecule has 44 valence electrons. The molecule has 3 nitrogen and oxygen atoms in total. The van der Waals surface area contributed by atoms with Crippen LogP contribution in [0.1, 0.15) is 0 Å². The van der Waals surface area contributed by atoms with Crippen LogP contribution < -0.4 is 0 Å². The molecule has 0 aliphatic carbocycles. The molecule has 7 heavy (non-hydrogen) atoms. The molecule has 1 unspecified atom stereocenters. The summed E-state index contributed by atoms with van der Waals surface area (Å²) in [7, 11) is 7.48. The van der Waals surface area contributed by atoms with E-state index >= 15 is 0 Å². The van der Waals surface area contributed by atoms with Crippen LogP contribution in [0, 0.1) is 0 Å². The van der Waals surface area contributed by atoms with Crippen LogP contribution in [0.5, 0.6) is 0 Å². The highest BCUT2D eigenvalue weighted by atomic mass is 31.1. The Balaban J connectivity index is 0. The Kier molecular flexibility index (Phi) is 9.61. The Morgan fingerprint density at radius 1 is 1.57 bits per heavy atom. The van der Waals surface area contributed by atoms with E-state index in [9.17, 15) is 0 Å². The number of rotatable bonds is 2. The highest BCUT2D eigenvalue weighted by molar-refractivity contribution is 7.38. The Bertz CT molecular complexity index is 49.0. The standard InChI is InChI=1S/C2H8N2P2.H2O/c1-4(2)6-3-5;/h5-6H,1-2H3;1H2. The molecule has 5 heteroatoms. The van der Waals surface area contributed by atoms with Crippen molar-refractivity contribution in [2.24, 2.45) is 4.52 Å². The second-order valence-corrected chi connectivity index (χ2v) is 3.10. The first-order chi connectivity index (χ1) is 2.77. The van der Waals surface area contributed by atoms with Crippen LogP contribution in [0.3, 0.4) is 0 Å². The lowest BCUT2D eigenvalue weighted by molar-refractivity contribution is 0.692. The van der Waals surface area contributed by atoms with E-state index < -0.39 is 0 Å². The second kappa shape index (κ2) is 6.45. The van der Waals surface area contributed by atoms with E-state index in [-0.39, 0.29) is 5.48 Å². The summed E-state index contributed by atoms with van der Waals surface area (Å²) in [6.07, 6.45) is 0. The van der Waals surface area contributed by atoms with Crippen LogP contribution in [0.15, 0.2) is 4.52 Å². The van der Waals surface area contributed by atoms with E-state index in [0.29, 0.717) is 8.88 Å². The molecule has 0 saturated carbocycles. The Hall–Kier alpha value is 0.450. The third-order valence-corrected chi connectivity index (χ3v) is 1.05. The fourth-order valence-electron chi connectivity index (χ4n) is 0.100. The SMILES string of the molecule is CN(C)PN=P.O. The van der Waals surface area contributed by atoms with Gasteiger partial charge in [0.1, 0.15) is 0 Å². The average molecular weight is 140 g/mol. The average Bonchev–Trinajstić information content (AvgIpc) is 1.35. The number of hydrogen-bond acceptors (Lipinski definition) is 2. The molecule has 0 aromatic carbocycles. The van der Waals surface area contributed by atoms with Gasteiger partial charge in [0.05, 0.1) is 8.88 Å². The smallest absolute Gasteiger partial charge is 0.0785 e. The fourth-order valence-corrected chi connectivity index (χ4v) is 0.900. The topological polar surface area (TPSA) is 47.1 Å². The summed E-state index contributed by atoms with van der Waals surface area (Å²) in [6, 6.07) is 0. The summed E-state index contributed by atoms with van der Waals surface area (Å²) >= 11 is 0. The van der Waals surface area contributed by atoms with Gasteiger partial charge in [-0.15, -0.1) is 0 Å². The van der Waals surface area contributed by atoms with E-state index in [1.54, 1.807) is 0 Å². The predicted octanol–water partition coefficient (Wildman–Crippen LogP) is 0.558. The normalized spacial score (nSPS) is 9.57. The van der Waals surface area contributed by atoms with E-state index in [1.165, 1.54) is 0 Å². The molecular formula is C2H10N2OP2. The lowest BCUT2D eigenvalue weighted by atomic mass is 11.3. The van der Waals surface area contributed by atoms with Crippen LogP contribution in [-0.2, 0) is 0 Å². The van der Waals surface area contributed by atoms with Crippen molar-refractivity contribution in [1.29, 1.82) is 0 Å². The van der Waals surface area contributed by atoms with E-state index in [1.807, 2.05) is 18.8 Å². The van der Waals surface area contributed by atoms with Gasteiger partial charge in [0, 0.05) is 0 Å². The molecule has 0 aliphatic heterocycles. The summed E-state index contributed by atoms with van der Waals surface area (Å²) in [4.78, 5) is 0. The number of nitrogens with zero attached hydrogens (tertiary/aromatic N) is 2. The Morgan fingerprint density at radius 3 is 2.00 bits per heavy atom. The zero-order valence-corrected chi connectivity index (χ0v) is 6.39. The van der Waals surface area contributed by atoms with Crippen molar-refractivity contribution < 1.29 is 5.48 Å². The van der Waals surface area contributed by atoms with E-state index in [4.69, 9.17) is 0 Å². The van der Waals surface area contributed by atoms with Crippen LogP contribution in [0.25, 0.3) is 0 Å². The first-order valence-electron chi connectivity index (χ1n) is 1.57. The minimum Gasteiger partial charge on any atom is -0.412 e. The maximum atomic E-state index is 3.69. The molecule has 1 atom stereocenters. The van der Waals surface area contributed by atoms with Crippen molar-refractivity contribution in [2.45, 2.75) is 0 Å². The van der Waals surface area contributed by atoms with Crippen LogP contribution >= 0.6 is 17.9 Å². The third kappa shape index (κ3) is 10.7. The molecular weight excluding hydrogens is 130 g/mol. The van der Waals surface area contributed by atoms with Crippen LogP contribution in [0.2, 0.25) is 0 Å². The van der Waals surface area contributed by atoms with Crippen molar-refractivity contribution in [3.05, 3.63) is 0 Å². The lowest BCUT2D eigenvalue weighted by Gasteiger charge is -1.99. The molecule has 0 saturated heterocycles. The maximum absolute atomic E-state index is 3.69. The predicted molar refractivity (Wildman–Crippen MR) is 36.4 cm³/mol. The Labute approximate surface area is 47.6 Å². The minimum absolute atomic E-state index is 0. The van der Waals surface area contributed by atoms with Gasteiger partial charge in [-0.25, -0.2) is 4.52 Å². The highest BCUT2D eigenvalue weighted by Crippen LogP contribution is 2.13. The molecule has 0 spiro atoms.